The third-order valence-corrected chi connectivity index (χ3v) is 8.76. The van der Waals surface area contributed by atoms with E-state index in [2.05, 4.69) is 13.8 Å². The highest BCUT2D eigenvalue weighted by Gasteiger charge is 2.24. The molecule has 0 atom stereocenters. The van der Waals surface area contributed by atoms with E-state index in [-0.39, 0.29) is 29.0 Å². The lowest BCUT2D eigenvalue weighted by Crippen LogP contribution is -2.19. The van der Waals surface area contributed by atoms with Gasteiger partial charge in [0.25, 0.3) is 0 Å². The molecule has 0 bridgehead atoms. The molecule has 6 rings (SSSR count). The first-order valence-electron chi connectivity index (χ1n) is 16.2. The second-order valence-electron chi connectivity index (χ2n) is 12.4. The lowest BCUT2D eigenvalue weighted by molar-refractivity contribution is -0.217. The first-order chi connectivity index (χ1) is 24.6. The van der Waals surface area contributed by atoms with Gasteiger partial charge in [0.1, 0.15) is 12.4 Å². The molecular weight excluding hydrogens is 644 g/mol. The van der Waals surface area contributed by atoms with Gasteiger partial charge in [0.2, 0.25) is 0 Å². The fourth-order valence-electron chi connectivity index (χ4n) is 5.78. The highest BCUT2D eigenvalue weighted by molar-refractivity contribution is 6.04. The van der Waals surface area contributed by atoms with Gasteiger partial charge in [0.05, 0.1) is 16.7 Å². The maximum Gasteiger partial charge on any atom is 0.344 e. The summed E-state index contributed by atoms with van der Waals surface area (Å²) in [6.07, 6.45) is 0. The van der Waals surface area contributed by atoms with Crippen molar-refractivity contribution in [2.24, 2.45) is 0 Å². The van der Waals surface area contributed by atoms with Crippen LogP contribution in [0.15, 0.2) is 146 Å². The van der Waals surface area contributed by atoms with Crippen molar-refractivity contribution in [1.29, 1.82) is 0 Å². The molecule has 2 N–H and O–H groups in total. The van der Waals surface area contributed by atoms with Gasteiger partial charge in [-0.15, -0.1) is 0 Å². The Morgan fingerprint density at radius 3 is 1.55 bits per heavy atom. The number of esters is 1. The smallest absolute Gasteiger partial charge is 0.344 e. The Kier molecular flexibility index (Phi) is 10.1. The van der Waals surface area contributed by atoms with Crippen molar-refractivity contribution in [3.8, 4) is 33.8 Å². The molecule has 6 aromatic carbocycles. The van der Waals surface area contributed by atoms with Crippen LogP contribution in [0.4, 0.5) is 0 Å². The standard InChI is InChI=1S/C43H34O8/c1-43(2,33-16-20-35(21-17-33)50-42(48)37-24-15-31(26-39(37)41(46)47)29-11-7-4-8-12-29)34-18-22-36(23-19-34)51-49-27-32-14-13-30(25-38(32)40(44)45)28-9-5-3-6-10-28/h3-26H,27H2,1-2H3,(H,44,45)(H,46,47). The zero-order valence-corrected chi connectivity index (χ0v) is 27.9. The van der Waals surface area contributed by atoms with Gasteiger partial charge in [0.15, 0.2) is 5.75 Å². The van der Waals surface area contributed by atoms with Crippen LogP contribution in [0.25, 0.3) is 22.3 Å². The zero-order valence-electron chi connectivity index (χ0n) is 27.9. The summed E-state index contributed by atoms with van der Waals surface area (Å²) in [7, 11) is 0. The molecule has 0 fully saturated rings. The van der Waals surface area contributed by atoms with E-state index in [1.807, 2.05) is 91.0 Å². The SMILES string of the molecule is CC(C)(c1ccc(OOCc2ccc(-c3ccccc3)cc2C(=O)O)cc1)c1ccc(OC(=O)c2ccc(-c3ccccc3)cc2C(=O)O)cc1. The second kappa shape index (κ2) is 14.9. The molecular formula is C43H34O8. The summed E-state index contributed by atoms with van der Waals surface area (Å²) in [4.78, 5) is 48.0. The van der Waals surface area contributed by atoms with Crippen LogP contribution in [-0.2, 0) is 16.9 Å². The normalized spacial score (nSPS) is 11.1. The molecule has 0 amide bonds. The predicted molar refractivity (Wildman–Crippen MR) is 193 cm³/mol. The molecule has 0 aliphatic heterocycles. The van der Waals surface area contributed by atoms with Gasteiger partial charge in [-0.25, -0.2) is 14.4 Å². The number of benzene rings is 6. The van der Waals surface area contributed by atoms with Crippen LogP contribution in [0, 0.1) is 0 Å². The first-order valence-corrected chi connectivity index (χ1v) is 16.2. The van der Waals surface area contributed by atoms with Gasteiger partial charge in [-0.3, -0.25) is 0 Å². The monoisotopic (exact) mass is 678 g/mol. The molecule has 0 unspecified atom stereocenters. The van der Waals surface area contributed by atoms with Crippen LogP contribution >= 0.6 is 0 Å². The Balaban J connectivity index is 1.08. The molecule has 0 aliphatic rings. The lowest BCUT2D eigenvalue weighted by Gasteiger charge is -2.26. The number of aromatic carboxylic acids is 2. The van der Waals surface area contributed by atoms with E-state index in [1.54, 1.807) is 42.5 Å². The Morgan fingerprint density at radius 2 is 1.02 bits per heavy atom. The summed E-state index contributed by atoms with van der Waals surface area (Å²) in [5, 5.41) is 19.6. The van der Waals surface area contributed by atoms with E-state index < -0.39 is 23.3 Å². The van der Waals surface area contributed by atoms with Crippen molar-refractivity contribution in [2.75, 3.05) is 0 Å². The van der Waals surface area contributed by atoms with Crippen LogP contribution in [0.5, 0.6) is 11.5 Å². The Bertz CT molecular complexity index is 2170. The number of rotatable bonds is 12. The van der Waals surface area contributed by atoms with E-state index in [0.29, 0.717) is 16.9 Å². The highest BCUT2D eigenvalue weighted by atomic mass is 17.2. The van der Waals surface area contributed by atoms with E-state index in [4.69, 9.17) is 14.5 Å². The summed E-state index contributed by atoms with van der Waals surface area (Å²) < 4.78 is 5.58. The first kappa shape index (κ1) is 34.4. The van der Waals surface area contributed by atoms with Crippen LogP contribution in [0.2, 0.25) is 0 Å². The van der Waals surface area contributed by atoms with Gasteiger partial charge < -0.3 is 19.8 Å². The number of hydrogen-bond acceptors (Lipinski definition) is 6. The summed E-state index contributed by atoms with van der Waals surface area (Å²) >= 11 is 0. The molecule has 254 valence electrons. The number of hydrogen-bond donors (Lipinski definition) is 2. The van der Waals surface area contributed by atoms with Gasteiger partial charge in [-0.05, 0) is 81.4 Å². The molecule has 6 aromatic rings. The van der Waals surface area contributed by atoms with E-state index >= 15 is 0 Å². The van der Waals surface area contributed by atoms with Crippen molar-refractivity contribution in [3.05, 3.63) is 179 Å². The Morgan fingerprint density at radius 1 is 0.529 bits per heavy atom. The number of carbonyl (C=O) groups excluding carboxylic acids is 1. The van der Waals surface area contributed by atoms with Gasteiger partial charge in [-0.2, -0.15) is 4.89 Å². The molecule has 0 saturated heterocycles. The average molecular weight is 679 g/mol. The number of carboxylic acids is 2. The lowest BCUT2D eigenvalue weighted by atomic mass is 9.78. The fraction of sp³-hybridized carbons (Fsp3) is 0.0930. The molecule has 0 aliphatic carbocycles. The quantitative estimate of drug-likeness (QED) is 0.0569. The molecule has 0 aromatic heterocycles. The topological polar surface area (TPSA) is 119 Å². The molecule has 0 saturated carbocycles. The van der Waals surface area contributed by atoms with Crippen LogP contribution in [0.3, 0.4) is 0 Å². The summed E-state index contributed by atoms with van der Waals surface area (Å²) in [5.74, 6) is -2.30. The Hall–Kier alpha value is -6.51. The summed E-state index contributed by atoms with van der Waals surface area (Å²) in [6, 6.07) is 43.2. The zero-order chi connectivity index (χ0) is 36.0. The molecule has 0 spiro atoms. The highest BCUT2D eigenvalue weighted by Crippen LogP contribution is 2.34. The van der Waals surface area contributed by atoms with E-state index in [9.17, 15) is 24.6 Å². The third kappa shape index (κ3) is 7.88. The van der Waals surface area contributed by atoms with Gasteiger partial charge in [-0.1, -0.05) is 117 Å². The number of carboxylic acid groups (broad SMARTS) is 2. The third-order valence-electron chi connectivity index (χ3n) is 8.76. The minimum absolute atomic E-state index is 0.0406. The number of ether oxygens (including phenoxy) is 1. The maximum absolute atomic E-state index is 13.1. The van der Waals surface area contributed by atoms with Crippen LogP contribution in [-0.4, -0.2) is 28.1 Å². The molecule has 0 radical (unpaired) electrons. The van der Waals surface area contributed by atoms with Crippen molar-refractivity contribution in [2.45, 2.75) is 25.9 Å². The van der Waals surface area contributed by atoms with Crippen molar-refractivity contribution >= 4 is 17.9 Å². The summed E-state index contributed by atoms with van der Waals surface area (Å²) in [5.41, 5.74) is 5.17. The van der Waals surface area contributed by atoms with Crippen molar-refractivity contribution < 1.29 is 39.1 Å². The molecule has 8 nitrogen and oxygen atoms in total. The molecule has 51 heavy (non-hydrogen) atoms. The largest absolute Gasteiger partial charge is 0.478 e. The van der Waals surface area contributed by atoms with Crippen molar-refractivity contribution in [1.82, 2.24) is 0 Å². The maximum atomic E-state index is 13.1. The second-order valence-corrected chi connectivity index (χ2v) is 12.4. The molecule has 0 heterocycles. The van der Waals surface area contributed by atoms with E-state index in [0.717, 1.165) is 27.8 Å². The fourth-order valence-corrected chi connectivity index (χ4v) is 5.78. The van der Waals surface area contributed by atoms with Crippen molar-refractivity contribution in [3.63, 3.8) is 0 Å². The Labute approximate surface area is 295 Å². The minimum Gasteiger partial charge on any atom is -0.478 e. The molecule has 8 heteroatoms. The predicted octanol–water partition coefficient (Wildman–Crippen LogP) is 9.47. The van der Waals surface area contributed by atoms with Crippen LogP contribution < -0.4 is 9.62 Å². The average Bonchev–Trinajstić information content (AvgIpc) is 3.15. The van der Waals surface area contributed by atoms with E-state index in [1.165, 1.54) is 12.1 Å². The van der Waals surface area contributed by atoms with Crippen LogP contribution in [0.1, 0.15) is 61.6 Å². The minimum atomic E-state index is -1.22. The van der Waals surface area contributed by atoms with Gasteiger partial charge >= 0.3 is 17.9 Å². The summed E-state index contributed by atoms with van der Waals surface area (Å²) in [6.45, 7) is 4.05. The van der Waals surface area contributed by atoms with Gasteiger partial charge in [0, 0.05) is 5.41 Å². The number of carbonyl (C=O) groups is 3.